The normalized spacial score (nSPS) is 11.2. The molecular weight excluding hydrogens is 274 g/mol. The number of hydrogen-bond acceptors (Lipinski definition) is 2. The molecule has 0 heterocycles. The number of carbonyl (C=O) groups excluding carboxylic acids is 1. The minimum Gasteiger partial charge on any atom is -0.398 e. The topological polar surface area (TPSA) is 46.3 Å². The molecule has 5 heteroatoms. The quantitative estimate of drug-likeness (QED) is 0.811. The summed E-state index contributed by atoms with van der Waals surface area (Å²) in [4.78, 5) is 14.4. The second-order valence-electron chi connectivity index (χ2n) is 5.68. The average molecular weight is 298 g/mol. The molecular formula is C16H24F2N2O. The second kappa shape index (κ2) is 7.38. The van der Waals surface area contributed by atoms with Gasteiger partial charge in [0.2, 0.25) is 0 Å². The number of halogens is 2. The molecule has 0 saturated heterocycles. The Morgan fingerprint density at radius 2 is 1.71 bits per heavy atom. The maximum Gasteiger partial charge on any atom is 0.256 e. The van der Waals surface area contributed by atoms with Gasteiger partial charge in [0.05, 0.1) is 5.56 Å². The molecule has 1 aromatic carbocycles. The zero-order valence-electron chi connectivity index (χ0n) is 13.1. The first kappa shape index (κ1) is 17.4. The third-order valence-electron chi connectivity index (χ3n) is 3.53. The van der Waals surface area contributed by atoms with Gasteiger partial charge in [-0.1, -0.05) is 27.7 Å². The van der Waals surface area contributed by atoms with Crippen molar-refractivity contribution in [3.63, 3.8) is 0 Å². The van der Waals surface area contributed by atoms with Crippen molar-refractivity contribution in [3.8, 4) is 0 Å². The van der Waals surface area contributed by atoms with Crippen LogP contribution in [-0.2, 0) is 0 Å². The van der Waals surface area contributed by atoms with E-state index in [0.717, 1.165) is 25.0 Å². The highest BCUT2D eigenvalue weighted by atomic mass is 19.2. The summed E-state index contributed by atoms with van der Waals surface area (Å²) in [5, 5.41) is 0. The van der Waals surface area contributed by atoms with E-state index in [1.165, 1.54) is 0 Å². The van der Waals surface area contributed by atoms with Crippen LogP contribution < -0.4 is 5.73 Å². The molecule has 0 aliphatic carbocycles. The lowest BCUT2D eigenvalue weighted by Gasteiger charge is -2.32. The molecule has 0 atom stereocenters. The second-order valence-corrected chi connectivity index (χ2v) is 5.68. The number of benzene rings is 1. The number of hydrogen-bond donors (Lipinski definition) is 1. The van der Waals surface area contributed by atoms with Crippen molar-refractivity contribution < 1.29 is 13.6 Å². The molecule has 118 valence electrons. The summed E-state index contributed by atoms with van der Waals surface area (Å²) >= 11 is 0. The number of amides is 1. The molecule has 21 heavy (non-hydrogen) atoms. The Hall–Kier alpha value is -1.65. The van der Waals surface area contributed by atoms with E-state index in [1.807, 2.05) is 27.7 Å². The predicted octanol–water partition coefficient (Wildman–Crippen LogP) is 3.83. The highest BCUT2D eigenvalue weighted by Crippen LogP contribution is 2.22. The van der Waals surface area contributed by atoms with Crippen LogP contribution in [0.4, 0.5) is 14.5 Å². The van der Waals surface area contributed by atoms with Crippen LogP contribution in [0.2, 0.25) is 0 Å². The molecule has 0 fully saturated rings. The molecule has 0 aliphatic heterocycles. The minimum atomic E-state index is -1.05. The highest BCUT2D eigenvalue weighted by Gasteiger charge is 2.25. The van der Waals surface area contributed by atoms with Gasteiger partial charge in [0.25, 0.3) is 5.91 Å². The fraction of sp³-hybridized carbons (Fsp3) is 0.562. The SMILES string of the molecule is CCC(CC)N(CC(C)C)C(=O)c1cc(F)c(F)cc1N. The minimum absolute atomic E-state index is 0.0291. The van der Waals surface area contributed by atoms with Crippen molar-refractivity contribution >= 4 is 11.6 Å². The Labute approximate surface area is 125 Å². The smallest absolute Gasteiger partial charge is 0.256 e. The standard InChI is InChI=1S/C16H24F2N2O/c1-5-11(6-2)20(9-10(3)4)16(21)12-7-13(17)14(18)8-15(12)19/h7-8,10-11H,5-6,9,19H2,1-4H3. The number of nitrogens with two attached hydrogens (primary N) is 1. The summed E-state index contributed by atoms with van der Waals surface area (Å²) < 4.78 is 26.6. The van der Waals surface area contributed by atoms with Gasteiger partial charge < -0.3 is 10.6 Å². The Balaban J connectivity index is 3.19. The third-order valence-corrected chi connectivity index (χ3v) is 3.53. The summed E-state index contributed by atoms with van der Waals surface area (Å²) in [5.41, 5.74) is 5.69. The number of rotatable bonds is 6. The van der Waals surface area contributed by atoms with Crippen LogP contribution in [0.3, 0.4) is 0 Å². The Morgan fingerprint density at radius 3 is 2.19 bits per heavy atom. The fourth-order valence-electron chi connectivity index (χ4n) is 2.42. The lowest BCUT2D eigenvalue weighted by Crippen LogP contribution is -2.42. The highest BCUT2D eigenvalue weighted by molar-refractivity contribution is 5.99. The summed E-state index contributed by atoms with van der Waals surface area (Å²) in [5.74, 6) is -2.15. The fourth-order valence-corrected chi connectivity index (χ4v) is 2.42. The summed E-state index contributed by atoms with van der Waals surface area (Å²) in [6.45, 7) is 8.59. The van der Waals surface area contributed by atoms with E-state index in [2.05, 4.69) is 0 Å². The molecule has 1 aromatic rings. The van der Waals surface area contributed by atoms with Gasteiger partial charge in [-0.3, -0.25) is 4.79 Å². The molecule has 1 amide bonds. The maximum absolute atomic E-state index is 13.4. The Bertz CT molecular complexity index is 499. The van der Waals surface area contributed by atoms with Crippen molar-refractivity contribution in [1.29, 1.82) is 0 Å². The van der Waals surface area contributed by atoms with Crippen molar-refractivity contribution in [2.75, 3.05) is 12.3 Å². The van der Waals surface area contributed by atoms with Gasteiger partial charge in [-0.15, -0.1) is 0 Å². The average Bonchev–Trinajstić information content (AvgIpc) is 2.42. The van der Waals surface area contributed by atoms with Crippen molar-refractivity contribution in [2.45, 2.75) is 46.6 Å². The first-order valence-corrected chi connectivity index (χ1v) is 7.37. The van der Waals surface area contributed by atoms with Crippen molar-refractivity contribution in [2.24, 2.45) is 5.92 Å². The van der Waals surface area contributed by atoms with Gasteiger partial charge in [-0.05, 0) is 24.8 Å². The van der Waals surface area contributed by atoms with Gasteiger partial charge >= 0.3 is 0 Å². The van der Waals surface area contributed by atoms with E-state index in [-0.39, 0.29) is 29.1 Å². The molecule has 0 spiro atoms. The van der Waals surface area contributed by atoms with Gasteiger partial charge in [0, 0.05) is 24.3 Å². The van der Waals surface area contributed by atoms with Crippen molar-refractivity contribution in [3.05, 3.63) is 29.3 Å². The van der Waals surface area contributed by atoms with Crippen LogP contribution in [-0.4, -0.2) is 23.4 Å². The molecule has 2 N–H and O–H groups in total. The molecule has 0 saturated carbocycles. The van der Waals surface area contributed by atoms with E-state index < -0.39 is 11.6 Å². The van der Waals surface area contributed by atoms with E-state index >= 15 is 0 Å². The predicted molar refractivity (Wildman–Crippen MR) is 81.0 cm³/mol. The van der Waals surface area contributed by atoms with Crippen molar-refractivity contribution in [1.82, 2.24) is 4.90 Å². The molecule has 0 aliphatic rings. The molecule has 1 rings (SSSR count). The maximum atomic E-state index is 13.4. The zero-order chi connectivity index (χ0) is 16.2. The van der Waals surface area contributed by atoms with Gasteiger partial charge in [0.1, 0.15) is 0 Å². The van der Waals surface area contributed by atoms with Crippen LogP contribution in [0.5, 0.6) is 0 Å². The Kier molecular flexibility index (Phi) is 6.12. The number of anilines is 1. The lowest BCUT2D eigenvalue weighted by molar-refractivity contribution is 0.0641. The van der Waals surface area contributed by atoms with Crippen LogP contribution in [0.1, 0.15) is 50.9 Å². The molecule has 0 unspecified atom stereocenters. The summed E-state index contributed by atoms with van der Waals surface area (Å²) in [6.07, 6.45) is 1.61. The molecule has 0 aromatic heterocycles. The van der Waals surface area contributed by atoms with Gasteiger partial charge in [0.15, 0.2) is 11.6 Å². The van der Waals surface area contributed by atoms with Crippen LogP contribution >= 0.6 is 0 Å². The lowest BCUT2D eigenvalue weighted by atomic mass is 10.0. The molecule has 3 nitrogen and oxygen atoms in total. The Morgan fingerprint density at radius 1 is 1.19 bits per heavy atom. The number of nitrogen functional groups attached to an aromatic ring is 1. The summed E-state index contributed by atoms with van der Waals surface area (Å²) in [6, 6.07) is 1.82. The zero-order valence-corrected chi connectivity index (χ0v) is 13.1. The van der Waals surface area contributed by atoms with Crippen LogP contribution in [0.25, 0.3) is 0 Å². The van der Waals surface area contributed by atoms with Gasteiger partial charge in [-0.25, -0.2) is 8.78 Å². The summed E-state index contributed by atoms with van der Waals surface area (Å²) in [7, 11) is 0. The number of nitrogens with zero attached hydrogens (tertiary/aromatic N) is 1. The van der Waals surface area contributed by atoms with Gasteiger partial charge in [-0.2, -0.15) is 0 Å². The number of carbonyl (C=O) groups is 1. The van der Waals surface area contributed by atoms with E-state index in [0.29, 0.717) is 6.54 Å². The first-order chi connectivity index (χ1) is 9.81. The van der Waals surface area contributed by atoms with E-state index in [4.69, 9.17) is 5.73 Å². The van der Waals surface area contributed by atoms with E-state index in [1.54, 1.807) is 4.90 Å². The van der Waals surface area contributed by atoms with Crippen LogP contribution in [0.15, 0.2) is 12.1 Å². The monoisotopic (exact) mass is 298 g/mol. The van der Waals surface area contributed by atoms with Crippen LogP contribution in [0, 0.1) is 17.6 Å². The largest absolute Gasteiger partial charge is 0.398 e. The third kappa shape index (κ3) is 4.16. The first-order valence-electron chi connectivity index (χ1n) is 7.37. The molecule has 0 radical (unpaired) electrons. The van der Waals surface area contributed by atoms with E-state index in [9.17, 15) is 13.6 Å². The molecule has 0 bridgehead atoms.